The maximum absolute atomic E-state index is 11.0. The third kappa shape index (κ3) is 2.18. The van der Waals surface area contributed by atoms with Crippen molar-refractivity contribution in [2.75, 3.05) is 0 Å². The van der Waals surface area contributed by atoms with E-state index in [0.29, 0.717) is 0 Å². The van der Waals surface area contributed by atoms with Gasteiger partial charge in [-0.3, -0.25) is 0 Å². The molecule has 0 unspecified atom stereocenters. The molecule has 0 fully saturated rings. The van der Waals surface area contributed by atoms with E-state index in [2.05, 4.69) is 0 Å². The van der Waals surface area contributed by atoms with Crippen LogP contribution < -0.4 is 0 Å². The molecule has 3 nitrogen and oxygen atoms in total. The Balaban J connectivity index is 2.84. The molecule has 2 rings (SSSR count). The first kappa shape index (κ1) is 12.1. The van der Waals surface area contributed by atoms with Crippen LogP contribution in [0.1, 0.15) is 18.1 Å². The van der Waals surface area contributed by atoms with Crippen LogP contribution in [0.25, 0.3) is 10.8 Å². The van der Waals surface area contributed by atoms with Crippen molar-refractivity contribution in [1.29, 1.82) is 0 Å². The van der Waals surface area contributed by atoms with E-state index in [1.165, 1.54) is 12.1 Å². The molecule has 2 aromatic rings. The normalized spacial score (nSPS) is 11.9. The lowest BCUT2D eigenvalue weighted by Crippen LogP contribution is -1.99. The summed E-state index contributed by atoms with van der Waals surface area (Å²) in [7, 11) is -4.38. The highest BCUT2D eigenvalue weighted by atomic mass is 32.2. The van der Waals surface area contributed by atoms with Crippen LogP contribution in [-0.2, 0) is 16.5 Å². The summed E-state index contributed by atoms with van der Waals surface area (Å²) in [6.45, 7) is 3.97. The first-order valence-electron chi connectivity index (χ1n) is 5.41. The van der Waals surface area contributed by atoms with Gasteiger partial charge >= 0.3 is 0 Å². The summed E-state index contributed by atoms with van der Waals surface area (Å²) < 4.78 is 33.0. The molecule has 0 aliphatic rings. The van der Waals surface area contributed by atoms with Gasteiger partial charge in [-0.1, -0.05) is 25.1 Å². The Hall–Kier alpha value is -1.39. The zero-order valence-electron chi connectivity index (χ0n) is 9.73. The Bertz CT molecular complexity index is 672. The Morgan fingerprint density at radius 3 is 2.41 bits per heavy atom. The highest BCUT2D eigenvalue weighted by molar-refractivity contribution is 7.85. The van der Waals surface area contributed by atoms with E-state index in [1.54, 1.807) is 6.07 Å². The molecule has 4 heteroatoms. The van der Waals surface area contributed by atoms with Crippen LogP contribution in [0, 0.1) is 6.92 Å². The van der Waals surface area contributed by atoms with E-state index in [4.69, 9.17) is 0 Å². The molecule has 17 heavy (non-hydrogen) atoms. The zero-order valence-corrected chi connectivity index (χ0v) is 10.5. The van der Waals surface area contributed by atoms with Crippen LogP contribution in [0.15, 0.2) is 35.2 Å². The Morgan fingerprint density at radius 2 is 1.82 bits per heavy atom. The monoisotopic (exact) mass is 249 g/mol. The Morgan fingerprint density at radius 1 is 1.12 bits per heavy atom. The van der Waals surface area contributed by atoms with Gasteiger partial charge < -0.3 is 4.55 Å². The van der Waals surface area contributed by atoms with Crippen molar-refractivity contribution in [3.05, 3.63) is 41.5 Å². The first-order chi connectivity index (χ1) is 7.93. The van der Waals surface area contributed by atoms with Gasteiger partial charge in [0.05, 0.1) is 4.90 Å². The van der Waals surface area contributed by atoms with E-state index < -0.39 is 10.1 Å². The summed E-state index contributed by atoms with van der Waals surface area (Å²) in [6.07, 6.45) is 0.805. The number of fused-ring (bicyclic) bond motifs is 1. The third-order valence-corrected chi connectivity index (χ3v) is 3.80. The summed E-state index contributed by atoms with van der Waals surface area (Å²) in [6, 6.07) is 8.53. The molecule has 0 aliphatic carbocycles. The van der Waals surface area contributed by atoms with Gasteiger partial charge in [0.2, 0.25) is 0 Å². The molecular formula is C13H13O3S-. The van der Waals surface area contributed by atoms with E-state index in [1.807, 2.05) is 26.0 Å². The second-order valence-electron chi connectivity index (χ2n) is 4.06. The van der Waals surface area contributed by atoms with E-state index in [9.17, 15) is 13.0 Å². The fourth-order valence-electron chi connectivity index (χ4n) is 2.00. The van der Waals surface area contributed by atoms with Gasteiger partial charge in [-0.2, -0.15) is 0 Å². The van der Waals surface area contributed by atoms with Crippen LogP contribution in [0.5, 0.6) is 0 Å². The van der Waals surface area contributed by atoms with Gasteiger partial charge in [0.15, 0.2) is 0 Å². The summed E-state index contributed by atoms with van der Waals surface area (Å²) in [5, 5.41) is 1.85. The molecule has 0 saturated carbocycles. The smallest absolute Gasteiger partial charge is 0.124 e. The van der Waals surface area contributed by atoms with Crippen LogP contribution in [0.3, 0.4) is 0 Å². The second-order valence-corrected chi connectivity index (χ2v) is 5.44. The lowest BCUT2D eigenvalue weighted by atomic mass is 9.99. The van der Waals surface area contributed by atoms with E-state index >= 15 is 0 Å². The number of aryl methyl sites for hydroxylation is 2. The first-order valence-corrected chi connectivity index (χ1v) is 6.82. The minimum absolute atomic E-state index is 0.162. The molecule has 0 atom stereocenters. The van der Waals surface area contributed by atoms with Crippen LogP contribution in [-0.4, -0.2) is 13.0 Å². The zero-order chi connectivity index (χ0) is 12.6. The Labute approximate surface area is 101 Å². The van der Waals surface area contributed by atoms with Crippen molar-refractivity contribution < 1.29 is 13.0 Å². The SMILES string of the molecule is CCc1ccc(C)c2ccc(S(=O)(=O)[O-])cc12. The van der Waals surface area contributed by atoms with Crippen LogP contribution in [0.4, 0.5) is 0 Å². The fraction of sp³-hybridized carbons (Fsp3) is 0.231. The predicted octanol–water partition coefficient (Wildman–Crippen LogP) is 2.61. The van der Waals surface area contributed by atoms with Gasteiger partial charge in [-0.05, 0) is 47.4 Å². The van der Waals surface area contributed by atoms with Gasteiger partial charge in [-0.25, -0.2) is 8.42 Å². The van der Waals surface area contributed by atoms with Crippen molar-refractivity contribution in [3.8, 4) is 0 Å². The van der Waals surface area contributed by atoms with Crippen LogP contribution in [0.2, 0.25) is 0 Å². The summed E-state index contributed by atoms with van der Waals surface area (Å²) in [5.74, 6) is 0. The molecule has 0 saturated heterocycles. The van der Waals surface area contributed by atoms with Gasteiger partial charge in [-0.15, -0.1) is 0 Å². The second kappa shape index (κ2) is 4.13. The van der Waals surface area contributed by atoms with Gasteiger partial charge in [0, 0.05) is 0 Å². The fourth-order valence-corrected chi connectivity index (χ4v) is 2.50. The lowest BCUT2D eigenvalue weighted by molar-refractivity contribution is 0.463. The molecule has 0 spiro atoms. The number of hydrogen-bond donors (Lipinski definition) is 0. The van der Waals surface area contributed by atoms with Gasteiger partial charge in [0.1, 0.15) is 10.1 Å². The Kier molecular flexibility index (Phi) is 2.93. The molecule has 0 heterocycles. The molecule has 0 aliphatic heterocycles. The third-order valence-electron chi connectivity index (χ3n) is 2.97. The lowest BCUT2D eigenvalue weighted by Gasteiger charge is -2.11. The van der Waals surface area contributed by atoms with E-state index in [-0.39, 0.29) is 4.90 Å². The average molecular weight is 249 g/mol. The predicted molar refractivity (Wildman–Crippen MR) is 66.0 cm³/mol. The minimum atomic E-state index is -4.38. The van der Waals surface area contributed by atoms with Crippen molar-refractivity contribution in [2.24, 2.45) is 0 Å². The van der Waals surface area contributed by atoms with Crippen molar-refractivity contribution >= 4 is 20.9 Å². The summed E-state index contributed by atoms with van der Waals surface area (Å²) >= 11 is 0. The molecule has 2 aromatic carbocycles. The standard InChI is InChI=1S/C13H14O3S/c1-3-10-5-4-9(2)12-7-6-11(8-13(10)12)17(14,15)16/h4-8H,3H2,1-2H3,(H,14,15,16)/p-1. The van der Waals surface area contributed by atoms with Crippen molar-refractivity contribution in [3.63, 3.8) is 0 Å². The average Bonchev–Trinajstić information content (AvgIpc) is 2.28. The molecule has 0 aromatic heterocycles. The summed E-state index contributed by atoms with van der Waals surface area (Å²) in [5.41, 5.74) is 2.13. The minimum Gasteiger partial charge on any atom is -0.744 e. The number of benzene rings is 2. The quantitative estimate of drug-likeness (QED) is 0.769. The highest BCUT2D eigenvalue weighted by Gasteiger charge is 2.07. The number of hydrogen-bond acceptors (Lipinski definition) is 3. The largest absolute Gasteiger partial charge is 0.744 e. The van der Waals surface area contributed by atoms with Crippen LogP contribution >= 0.6 is 0 Å². The molecular weight excluding hydrogens is 236 g/mol. The molecule has 90 valence electrons. The molecule has 0 radical (unpaired) electrons. The van der Waals surface area contributed by atoms with Crippen molar-refractivity contribution in [1.82, 2.24) is 0 Å². The molecule has 0 N–H and O–H groups in total. The van der Waals surface area contributed by atoms with E-state index in [0.717, 1.165) is 28.3 Å². The topological polar surface area (TPSA) is 57.2 Å². The molecule has 0 bridgehead atoms. The molecule has 0 amide bonds. The maximum atomic E-state index is 11.0. The van der Waals surface area contributed by atoms with Gasteiger partial charge in [0.25, 0.3) is 0 Å². The maximum Gasteiger partial charge on any atom is 0.124 e. The highest BCUT2D eigenvalue weighted by Crippen LogP contribution is 2.25. The van der Waals surface area contributed by atoms with Crippen molar-refractivity contribution in [2.45, 2.75) is 25.2 Å². The summed E-state index contributed by atoms with van der Waals surface area (Å²) in [4.78, 5) is -0.162. The number of rotatable bonds is 2.